The van der Waals surface area contributed by atoms with Gasteiger partial charge >= 0.3 is 5.97 Å². The molecule has 2 aromatic carbocycles. The van der Waals surface area contributed by atoms with E-state index in [1.165, 1.54) is 121 Å². The summed E-state index contributed by atoms with van der Waals surface area (Å²) in [6.45, 7) is 8.91. The molecule has 0 radical (unpaired) electrons. The first-order valence-electron chi connectivity index (χ1n) is 15.9. The Hall–Kier alpha value is -2.63. The van der Waals surface area contributed by atoms with Crippen LogP contribution in [0.3, 0.4) is 0 Å². The Morgan fingerprint density at radius 3 is 1.27 bits per heavy atom. The van der Waals surface area contributed by atoms with E-state index >= 15 is 0 Å². The zero-order chi connectivity index (χ0) is 30.6. The average Bonchev–Trinajstić information content (AvgIpc) is 2.98. The molecular weight excluding hydrogens is 512 g/mol. The molecule has 2 aromatic rings. The number of unbranched alkanes of at least 4 members (excludes halogenated alkanes) is 12. The first-order chi connectivity index (χ1) is 19.9. The summed E-state index contributed by atoms with van der Waals surface area (Å²) >= 11 is 0. The molecule has 0 amide bonds. The van der Waals surface area contributed by atoms with Gasteiger partial charge in [-0.2, -0.15) is 0 Å². The van der Waals surface area contributed by atoms with Crippen molar-refractivity contribution in [2.24, 2.45) is 0 Å². The second-order valence-corrected chi connectivity index (χ2v) is 10.7. The Morgan fingerprint density at radius 1 is 0.707 bits per heavy atom. The number of carboxylic acid groups (broad SMARTS) is 1. The van der Waals surface area contributed by atoms with E-state index in [-0.39, 0.29) is 6.61 Å². The first kappa shape index (κ1) is 38.4. The van der Waals surface area contributed by atoms with Gasteiger partial charge in [-0.3, -0.25) is 0 Å². The molecule has 0 fully saturated rings. The molecule has 0 spiro atoms. The van der Waals surface area contributed by atoms with Crippen molar-refractivity contribution >= 4 is 5.97 Å². The van der Waals surface area contributed by atoms with Crippen LogP contribution in [0.25, 0.3) is 0 Å². The van der Waals surface area contributed by atoms with E-state index in [0.717, 1.165) is 17.6 Å². The summed E-state index contributed by atoms with van der Waals surface area (Å²) in [5.74, 6) is 0.885. The van der Waals surface area contributed by atoms with Crippen molar-refractivity contribution in [2.75, 3.05) is 6.61 Å². The number of hydrogen-bond donors (Lipinski definition) is 3. The second-order valence-electron chi connectivity index (χ2n) is 10.7. The highest BCUT2D eigenvalue weighted by Crippen LogP contribution is 2.23. The third-order valence-corrected chi connectivity index (χ3v) is 6.66. The quantitative estimate of drug-likeness (QED) is 0.109. The van der Waals surface area contributed by atoms with Gasteiger partial charge in [0.15, 0.2) is 0 Å². The number of aryl methyl sites for hydroxylation is 2. The second kappa shape index (κ2) is 27.5. The molecule has 2 rings (SSSR count). The van der Waals surface area contributed by atoms with Crippen molar-refractivity contribution < 1.29 is 24.9 Å². The van der Waals surface area contributed by atoms with Gasteiger partial charge in [0, 0.05) is 6.08 Å². The minimum Gasteiger partial charge on any atom is -0.478 e. The minimum atomic E-state index is -0.981. The zero-order valence-electron chi connectivity index (χ0n) is 26.2. The summed E-state index contributed by atoms with van der Waals surface area (Å²) < 4.78 is 6.05. The largest absolute Gasteiger partial charge is 0.478 e. The van der Waals surface area contributed by atoms with Crippen LogP contribution < -0.4 is 4.74 Å². The molecule has 5 nitrogen and oxygen atoms in total. The number of aliphatic hydroxyl groups excluding tert-OH is 2. The number of carboxylic acids is 1. The lowest BCUT2D eigenvalue weighted by atomic mass is 10.0. The van der Waals surface area contributed by atoms with Crippen molar-refractivity contribution in [3.05, 3.63) is 72.3 Å². The normalized spacial score (nSPS) is 11.0. The number of carbonyl (C=O) groups is 1. The number of rotatable bonds is 20. The van der Waals surface area contributed by atoms with Gasteiger partial charge in [0.25, 0.3) is 0 Å². The monoisotopic (exact) mass is 570 g/mol. The molecular formula is C36H58O5. The van der Waals surface area contributed by atoms with E-state index in [1.54, 1.807) is 0 Å². The highest BCUT2D eigenvalue weighted by molar-refractivity contribution is 5.78. The highest BCUT2D eigenvalue weighted by Gasteiger charge is 2.01. The lowest BCUT2D eigenvalue weighted by Crippen LogP contribution is -2.03. The summed E-state index contributed by atoms with van der Waals surface area (Å²) in [6, 6.07) is 17.4. The summed E-state index contributed by atoms with van der Waals surface area (Å²) in [5.41, 5.74) is 2.84. The number of hydrogen-bond acceptors (Lipinski definition) is 4. The fourth-order valence-corrected chi connectivity index (χ4v) is 4.16. The fourth-order valence-electron chi connectivity index (χ4n) is 4.16. The van der Waals surface area contributed by atoms with E-state index in [1.807, 2.05) is 0 Å². The van der Waals surface area contributed by atoms with Gasteiger partial charge in [0.05, 0.1) is 12.7 Å². The van der Waals surface area contributed by atoms with E-state index < -0.39 is 12.1 Å². The summed E-state index contributed by atoms with van der Waals surface area (Å²) in [7, 11) is 0. The molecule has 0 aliphatic heterocycles. The molecule has 0 aliphatic carbocycles. The maximum atomic E-state index is 9.25. The number of aliphatic carboxylic acids is 1. The van der Waals surface area contributed by atoms with Gasteiger partial charge in [0.2, 0.25) is 0 Å². The van der Waals surface area contributed by atoms with E-state index in [2.05, 4.69) is 69.0 Å². The van der Waals surface area contributed by atoms with Gasteiger partial charge in [-0.15, -0.1) is 0 Å². The Labute approximate surface area is 250 Å². The Kier molecular flexibility index (Phi) is 25.8. The van der Waals surface area contributed by atoms with E-state index in [9.17, 15) is 4.79 Å². The SMILES string of the molecule is C=CC(=O)O.CC(O)CO.CCCCCCCCCc1ccc(Oc2ccc(CCCCCCCCC)cc2)cc1. The van der Waals surface area contributed by atoms with Crippen molar-refractivity contribution in [1.29, 1.82) is 0 Å². The standard InChI is InChI=1S/C30H46O.C3H8O2.C3H4O2/c1-3-5-7-9-11-13-15-17-27-19-23-29(24-20-27)31-30-25-21-28(22-26-30)18-16-14-12-10-8-6-4-2;1-3(5)2-4;1-2-3(4)5/h19-26H,3-18H2,1-2H3;3-5H,2H2,1H3;2H,1H2,(H,4,5). The van der Waals surface area contributed by atoms with Crippen LogP contribution >= 0.6 is 0 Å². The van der Waals surface area contributed by atoms with Gasteiger partial charge in [0.1, 0.15) is 11.5 Å². The van der Waals surface area contributed by atoms with Crippen molar-refractivity contribution in [1.82, 2.24) is 0 Å². The van der Waals surface area contributed by atoms with Gasteiger partial charge in [-0.1, -0.05) is 122 Å². The predicted octanol–water partition coefficient (Wildman–Crippen LogP) is 9.68. The molecule has 5 heteroatoms. The summed E-state index contributed by atoms with van der Waals surface area (Å²) in [4.78, 5) is 9.25. The van der Waals surface area contributed by atoms with Crippen molar-refractivity contribution in [3.8, 4) is 11.5 Å². The van der Waals surface area contributed by atoms with Crippen LogP contribution in [0.5, 0.6) is 11.5 Å². The average molecular weight is 571 g/mol. The molecule has 0 aliphatic rings. The minimum absolute atomic E-state index is 0.139. The lowest BCUT2D eigenvalue weighted by molar-refractivity contribution is -0.131. The lowest BCUT2D eigenvalue weighted by Gasteiger charge is -2.08. The molecule has 0 bridgehead atoms. The Balaban J connectivity index is 0.00000137. The molecule has 0 saturated carbocycles. The van der Waals surface area contributed by atoms with E-state index in [4.69, 9.17) is 20.1 Å². The Bertz CT molecular complexity index is 799. The molecule has 41 heavy (non-hydrogen) atoms. The van der Waals surface area contributed by atoms with E-state index in [0.29, 0.717) is 0 Å². The van der Waals surface area contributed by atoms with Gasteiger partial charge in [-0.25, -0.2) is 4.79 Å². The third kappa shape index (κ3) is 24.9. The van der Waals surface area contributed by atoms with Crippen LogP contribution in [0.15, 0.2) is 61.2 Å². The van der Waals surface area contributed by atoms with Crippen LogP contribution in [0.1, 0.15) is 122 Å². The molecule has 0 saturated heterocycles. The number of aliphatic hydroxyl groups is 2. The maximum Gasteiger partial charge on any atom is 0.327 e. The van der Waals surface area contributed by atoms with Crippen LogP contribution in [-0.4, -0.2) is 34.0 Å². The maximum absolute atomic E-state index is 9.25. The number of benzene rings is 2. The fraction of sp³-hybridized carbons (Fsp3) is 0.583. The van der Waals surface area contributed by atoms with Crippen LogP contribution in [0.2, 0.25) is 0 Å². The topological polar surface area (TPSA) is 87.0 Å². The summed E-state index contributed by atoms with van der Waals surface area (Å²) in [6.07, 6.45) is 21.8. The smallest absolute Gasteiger partial charge is 0.327 e. The highest BCUT2D eigenvalue weighted by atomic mass is 16.5. The predicted molar refractivity (Wildman–Crippen MR) is 173 cm³/mol. The molecule has 0 heterocycles. The molecule has 3 N–H and O–H groups in total. The molecule has 0 aromatic heterocycles. The summed E-state index contributed by atoms with van der Waals surface area (Å²) in [5, 5.41) is 23.6. The van der Waals surface area contributed by atoms with Crippen LogP contribution in [0, 0.1) is 0 Å². The van der Waals surface area contributed by atoms with Crippen molar-refractivity contribution in [3.63, 3.8) is 0 Å². The Morgan fingerprint density at radius 2 is 1.00 bits per heavy atom. The molecule has 232 valence electrons. The number of ether oxygens (including phenoxy) is 1. The van der Waals surface area contributed by atoms with Gasteiger partial charge in [-0.05, 0) is 68.0 Å². The first-order valence-corrected chi connectivity index (χ1v) is 15.9. The van der Waals surface area contributed by atoms with Crippen molar-refractivity contribution in [2.45, 2.75) is 130 Å². The zero-order valence-corrected chi connectivity index (χ0v) is 26.2. The van der Waals surface area contributed by atoms with Crippen LogP contribution in [-0.2, 0) is 17.6 Å². The van der Waals surface area contributed by atoms with Crippen LogP contribution in [0.4, 0.5) is 0 Å². The molecule has 1 unspecified atom stereocenters. The third-order valence-electron chi connectivity index (χ3n) is 6.66. The molecule has 1 atom stereocenters. The van der Waals surface area contributed by atoms with Gasteiger partial charge < -0.3 is 20.1 Å².